The van der Waals surface area contributed by atoms with Gasteiger partial charge in [-0.1, -0.05) is 6.92 Å². The Labute approximate surface area is 122 Å². The molecule has 0 radical (unpaired) electrons. The van der Waals surface area contributed by atoms with Crippen LogP contribution in [0.1, 0.15) is 19.8 Å². The molecule has 7 heteroatoms. The van der Waals surface area contributed by atoms with Crippen molar-refractivity contribution in [1.82, 2.24) is 9.97 Å². The molecule has 1 aromatic heterocycles. The fraction of sp³-hybridized carbons (Fsp3) is 0.667. The molecule has 0 atom stereocenters. The third-order valence-electron chi connectivity index (χ3n) is 2.33. The minimum absolute atomic E-state index is 0.0668. The molecular formula is C12H21BrN4O2. The van der Waals surface area contributed by atoms with Crippen LogP contribution in [0.5, 0.6) is 0 Å². The van der Waals surface area contributed by atoms with Gasteiger partial charge in [-0.2, -0.15) is 0 Å². The Hall–Kier alpha value is -0.920. The van der Waals surface area contributed by atoms with Crippen LogP contribution in [0.15, 0.2) is 10.8 Å². The predicted molar refractivity (Wildman–Crippen MR) is 79.5 cm³/mol. The molecule has 0 amide bonds. The summed E-state index contributed by atoms with van der Waals surface area (Å²) in [6.07, 6.45) is 3.43. The smallest absolute Gasteiger partial charge is 0.145 e. The van der Waals surface area contributed by atoms with Crippen LogP contribution in [0.25, 0.3) is 0 Å². The minimum Gasteiger partial charge on any atom is -0.394 e. The number of anilines is 2. The number of hydrogen-bond donors (Lipinski definition) is 3. The maximum atomic E-state index is 8.57. The lowest BCUT2D eigenvalue weighted by Crippen LogP contribution is -2.10. The molecule has 1 heterocycles. The molecule has 3 N–H and O–H groups in total. The number of nitrogens with zero attached hydrogens (tertiary/aromatic N) is 2. The second-order valence-corrected chi connectivity index (χ2v) is 4.72. The fourth-order valence-electron chi connectivity index (χ4n) is 1.41. The van der Waals surface area contributed by atoms with Gasteiger partial charge in [0.05, 0.1) is 13.2 Å². The molecule has 0 unspecified atom stereocenters. The van der Waals surface area contributed by atoms with Crippen LogP contribution in [0.4, 0.5) is 11.6 Å². The summed E-state index contributed by atoms with van der Waals surface area (Å²) in [5.41, 5.74) is 0. The van der Waals surface area contributed by atoms with E-state index in [9.17, 15) is 0 Å². The highest BCUT2D eigenvalue weighted by atomic mass is 79.9. The van der Waals surface area contributed by atoms with E-state index >= 15 is 0 Å². The maximum absolute atomic E-state index is 8.57. The van der Waals surface area contributed by atoms with Crippen molar-refractivity contribution >= 4 is 27.6 Å². The summed E-state index contributed by atoms with van der Waals surface area (Å²) in [6.45, 7) is 4.82. The summed E-state index contributed by atoms with van der Waals surface area (Å²) in [7, 11) is 0. The van der Waals surface area contributed by atoms with Crippen molar-refractivity contribution < 1.29 is 9.84 Å². The first kappa shape index (κ1) is 16.1. The van der Waals surface area contributed by atoms with Crippen molar-refractivity contribution in [2.24, 2.45) is 0 Å². The normalized spacial score (nSPS) is 10.5. The van der Waals surface area contributed by atoms with Gasteiger partial charge in [0.2, 0.25) is 0 Å². The van der Waals surface area contributed by atoms with E-state index in [1.54, 1.807) is 0 Å². The van der Waals surface area contributed by atoms with Gasteiger partial charge in [0, 0.05) is 19.7 Å². The Balaban J connectivity index is 2.36. The fourth-order valence-corrected chi connectivity index (χ4v) is 1.89. The van der Waals surface area contributed by atoms with E-state index in [1.165, 1.54) is 6.33 Å². The van der Waals surface area contributed by atoms with Gasteiger partial charge >= 0.3 is 0 Å². The number of rotatable bonds is 10. The molecular weight excluding hydrogens is 312 g/mol. The van der Waals surface area contributed by atoms with E-state index in [2.05, 4.69) is 43.5 Å². The summed E-state index contributed by atoms with van der Waals surface area (Å²) in [6, 6.07) is 0. The number of halogens is 1. The van der Waals surface area contributed by atoms with Gasteiger partial charge in [-0.25, -0.2) is 9.97 Å². The number of hydrogen-bond acceptors (Lipinski definition) is 6. The average Bonchev–Trinajstić information content (AvgIpc) is 2.43. The summed E-state index contributed by atoms with van der Waals surface area (Å²) in [5, 5.41) is 15.0. The molecule has 0 aliphatic carbocycles. The molecule has 1 aromatic rings. The molecule has 19 heavy (non-hydrogen) atoms. The number of aliphatic hydroxyl groups is 1. The molecule has 0 saturated carbocycles. The van der Waals surface area contributed by atoms with Crippen molar-refractivity contribution in [2.45, 2.75) is 19.8 Å². The van der Waals surface area contributed by atoms with E-state index in [0.29, 0.717) is 13.2 Å². The van der Waals surface area contributed by atoms with Gasteiger partial charge < -0.3 is 20.5 Å². The zero-order valence-electron chi connectivity index (χ0n) is 11.2. The second kappa shape index (κ2) is 9.94. The van der Waals surface area contributed by atoms with Crippen LogP contribution < -0.4 is 10.6 Å². The van der Waals surface area contributed by atoms with Crippen molar-refractivity contribution in [3.05, 3.63) is 10.8 Å². The lowest BCUT2D eigenvalue weighted by atomic mass is 10.4. The zero-order valence-corrected chi connectivity index (χ0v) is 12.7. The maximum Gasteiger partial charge on any atom is 0.145 e. The summed E-state index contributed by atoms with van der Waals surface area (Å²) < 4.78 is 6.03. The van der Waals surface area contributed by atoms with Crippen LogP contribution in [0, 0.1) is 0 Å². The molecule has 0 aromatic carbocycles. The topological polar surface area (TPSA) is 79.3 Å². The third-order valence-corrected chi connectivity index (χ3v) is 3.08. The summed E-state index contributed by atoms with van der Waals surface area (Å²) in [5.74, 6) is 1.58. The molecule has 0 bridgehead atoms. The van der Waals surface area contributed by atoms with Crippen LogP contribution in [-0.4, -0.2) is 48.0 Å². The first-order valence-corrected chi connectivity index (χ1v) is 7.25. The van der Waals surface area contributed by atoms with Gasteiger partial charge in [0.25, 0.3) is 0 Å². The Kier molecular flexibility index (Phi) is 8.44. The van der Waals surface area contributed by atoms with E-state index in [1.807, 2.05) is 0 Å². The Bertz CT molecular complexity index is 366. The molecule has 6 nitrogen and oxygen atoms in total. The molecule has 0 spiro atoms. The Morgan fingerprint density at radius 1 is 1.21 bits per heavy atom. The first-order chi connectivity index (χ1) is 9.29. The number of aliphatic hydroxyl groups excluding tert-OH is 1. The summed E-state index contributed by atoms with van der Waals surface area (Å²) in [4.78, 5) is 8.37. The standard InChI is InChI=1S/C12H21BrN4O2/c1-2-4-14-11-10(13)12(17-9-16-11)15-5-3-7-19-8-6-18/h9,18H,2-8H2,1H3,(H2,14,15,16,17). The lowest BCUT2D eigenvalue weighted by molar-refractivity contribution is 0.0922. The van der Waals surface area contributed by atoms with Gasteiger partial charge in [0.15, 0.2) is 0 Å². The first-order valence-electron chi connectivity index (χ1n) is 6.46. The minimum atomic E-state index is 0.0668. The highest BCUT2D eigenvalue weighted by molar-refractivity contribution is 9.10. The van der Waals surface area contributed by atoms with Gasteiger partial charge in [-0.3, -0.25) is 0 Å². The molecule has 0 aliphatic rings. The predicted octanol–water partition coefficient (Wildman–Crippen LogP) is 1.87. The highest BCUT2D eigenvalue weighted by Gasteiger charge is 2.07. The number of ether oxygens (including phenoxy) is 1. The molecule has 0 aliphatic heterocycles. The Morgan fingerprint density at radius 3 is 2.53 bits per heavy atom. The van der Waals surface area contributed by atoms with Crippen molar-refractivity contribution in [3.63, 3.8) is 0 Å². The molecule has 108 valence electrons. The monoisotopic (exact) mass is 332 g/mol. The van der Waals surface area contributed by atoms with Crippen LogP contribution in [0.2, 0.25) is 0 Å². The summed E-state index contributed by atoms with van der Waals surface area (Å²) >= 11 is 3.49. The SMILES string of the molecule is CCCNc1ncnc(NCCCOCCO)c1Br. The second-order valence-electron chi connectivity index (χ2n) is 3.93. The number of nitrogens with one attached hydrogen (secondary N) is 2. The van der Waals surface area contributed by atoms with E-state index in [-0.39, 0.29) is 6.61 Å². The zero-order chi connectivity index (χ0) is 13.9. The van der Waals surface area contributed by atoms with E-state index < -0.39 is 0 Å². The van der Waals surface area contributed by atoms with Crippen molar-refractivity contribution in [1.29, 1.82) is 0 Å². The number of aromatic nitrogens is 2. The van der Waals surface area contributed by atoms with Crippen molar-refractivity contribution in [3.8, 4) is 0 Å². The Morgan fingerprint density at radius 2 is 1.89 bits per heavy atom. The lowest BCUT2D eigenvalue weighted by Gasteiger charge is -2.11. The van der Waals surface area contributed by atoms with Gasteiger partial charge in [-0.05, 0) is 28.8 Å². The van der Waals surface area contributed by atoms with Gasteiger partial charge in [0.1, 0.15) is 22.4 Å². The van der Waals surface area contributed by atoms with Gasteiger partial charge in [-0.15, -0.1) is 0 Å². The molecule has 0 fully saturated rings. The van der Waals surface area contributed by atoms with Crippen LogP contribution in [-0.2, 0) is 4.74 Å². The van der Waals surface area contributed by atoms with Crippen molar-refractivity contribution in [2.75, 3.05) is 43.5 Å². The third kappa shape index (κ3) is 6.17. The van der Waals surface area contributed by atoms with Crippen LogP contribution in [0.3, 0.4) is 0 Å². The highest BCUT2D eigenvalue weighted by Crippen LogP contribution is 2.26. The largest absolute Gasteiger partial charge is 0.394 e. The molecule has 1 rings (SSSR count). The molecule has 0 saturated heterocycles. The average molecular weight is 333 g/mol. The quantitative estimate of drug-likeness (QED) is 0.568. The van der Waals surface area contributed by atoms with E-state index in [0.717, 1.165) is 42.0 Å². The van der Waals surface area contributed by atoms with Crippen LogP contribution >= 0.6 is 15.9 Å². The van der Waals surface area contributed by atoms with E-state index in [4.69, 9.17) is 9.84 Å².